The zero-order valence-corrected chi connectivity index (χ0v) is 19.4. The third-order valence-corrected chi connectivity index (χ3v) is 6.56. The molecule has 0 saturated carbocycles. The number of carbonyl (C=O) groups excluding carboxylic acids is 2. The number of nitrogens with zero attached hydrogens (tertiary/aromatic N) is 2. The fraction of sp³-hybridized carbons (Fsp3) is 0.474. The van der Waals surface area contributed by atoms with E-state index in [4.69, 9.17) is 11.6 Å². The zero-order valence-electron chi connectivity index (χ0n) is 16.3. The molecule has 2 aromatic rings. The van der Waals surface area contributed by atoms with Crippen molar-refractivity contribution in [3.8, 4) is 10.6 Å². The lowest BCUT2D eigenvalue weighted by Crippen LogP contribution is -2.51. The Morgan fingerprint density at radius 1 is 1.25 bits per heavy atom. The highest BCUT2D eigenvalue weighted by Gasteiger charge is 2.33. The summed E-state index contributed by atoms with van der Waals surface area (Å²) >= 11 is 10.6. The van der Waals surface area contributed by atoms with E-state index in [1.54, 1.807) is 13.8 Å². The standard InChI is InChI=1S/C19H24BrClN4O2S/c1-5-11(2)14(22-17(27)19(3,4)10-21)15(26)23-18-25-24-16(28-18)12-6-8-13(20)9-7-12/h6-9,11,14H,5,10H2,1-4H3,(H,22,27)(H,23,25,26). The number of carbonyl (C=O) groups is 2. The van der Waals surface area contributed by atoms with Crippen LogP contribution in [-0.2, 0) is 9.59 Å². The molecule has 28 heavy (non-hydrogen) atoms. The van der Waals surface area contributed by atoms with Gasteiger partial charge in [-0.25, -0.2) is 0 Å². The molecule has 1 aromatic heterocycles. The lowest BCUT2D eigenvalue weighted by Gasteiger charge is -2.28. The van der Waals surface area contributed by atoms with Gasteiger partial charge in [-0.3, -0.25) is 14.9 Å². The Labute approximate surface area is 182 Å². The lowest BCUT2D eigenvalue weighted by atomic mass is 9.92. The van der Waals surface area contributed by atoms with Crippen LogP contribution in [0, 0.1) is 11.3 Å². The largest absolute Gasteiger partial charge is 0.344 e. The molecule has 0 fully saturated rings. The predicted octanol–water partition coefficient (Wildman–Crippen LogP) is 4.70. The van der Waals surface area contributed by atoms with Crippen molar-refractivity contribution in [2.75, 3.05) is 11.2 Å². The molecule has 2 unspecified atom stereocenters. The van der Waals surface area contributed by atoms with Crippen LogP contribution in [0.4, 0.5) is 5.13 Å². The number of hydrogen-bond acceptors (Lipinski definition) is 5. The van der Waals surface area contributed by atoms with E-state index in [1.807, 2.05) is 38.1 Å². The van der Waals surface area contributed by atoms with Crippen molar-refractivity contribution in [2.45, 2.75) is 40.2 Å². The molecule has 0 aliphatic rings. The topological polar surface area (TPSA) is 84.0 Å². The third kappa shape index (κ3) is 5.75. The van der Waals surface area contributed by atoms with Crippen molar-refractivity contribution < 1.29 is 9.59 Å². The number of halogens is 2. The first-order chi connectivity index (χ1) is 13.2. The van der Waals surface area contributed by atoms with Crippen LogP contribution < -0.4 is 10.6 Å². The Bertz CT molecular complexity index is 826. The molecular weight excluding hydrogens is 464 g/mol. The van der Waals surface area contributed by atoms with E-state index in [9.17, 15) is 9.59 Å². The van der Waals surface area contributed by atoms with Gasteiger partial charge in [0.15, 0.2) is 0 Å². The van der Waals surface area contributed by atoms with Crippen molar-refractivity contribution in [1.82, 2.24) is 15.5 Å². The monoisotopic (exact) mass is 486 g/mol. The average molecular weight is 488 g/mol. The van der Waals surface area contributed by atoms with Crippen molar-refractivity contribution in [3.05, 3.63) is 28.7 Å². The number of alkyl halides is 1. The summed E-state index contributed by atoms with van der Waals surface area (Å²) in [5, 5.41) is 14.9. The number of nitrogens with one attached hydrogen (secondary N) is 2. The average Bonchev–Trinajstić information content (AvgIpc) is 3.13. The van der Waals surface area contributed by atoms with Crippen LogP contribution in [-0.4, -0.2) is 33.9 Å². The summed E-state index contributed by atoms with van der Waals surface area (Å²) in [5.74, 6) is -0.447. The van der Waals surface area contributed by atoms with Gasteiger partial charge in [0.2, 0.25) is 16.9 Å². The summed E-state index contributed by atoms with van der Waals surface area (Å²) in [5.41, 5.74) is 0.155. The van der Waals surface area contributed by atoms with Crippen LogP contribution in [0.25, 0.3) is 10.6 Å². The molecule has 6 nitrogen and oxygen atoms in total. The molecule has 0 bridgehead atoms. The van der Waals surface area contributed by atoms with Crippen LogP contribution in [0.1, 0.15) is 34.1 Å². The van der Waals surface area contributed by atoms with Crippen molar-refractivity contribution >= 4 is 55.8 Å². The quantitative estimate of drug-likeness (QED) is 0.529. The molecule has 0 radical (unpaired) electrons. The summed E-state index contributed by atoms with van der Waals surface area (Å²) in [6.45, 7) is 7.39. The van der Waals surface area contributed by atoms with E-state index < -0.39 is 11.5 Å². The van der Waals surface area contributed by atoms with E-state index in [0.29, 0.717) is 10.1 Å². The summed E-state index contributed by atoms with van der Waals surface area (Å²) in [7, 11) is 0. The van der Waals surface area contributed by atoms with E-state index in [1.165, 1.54) is 11.3 Å². The number of rotatable bonds is 8. The van der Waals surface area contributed by atoms with Gasteiger partial charge in [-0.15, -0.1) is 21.8 Å². The second-order valence-corrected chi connectivity index (χ2v) is 9.42. The predicted molar refractivity (Wildman–Crippen MR) is 118 cm³/mol. The first-order valence-electron chi connectivity index (χ1n) is 8.95. The maximum atomic E-state index is 12.8. The normalized spacial score (nSPS) is 13.6. The minimum atomic E-state index is -0.759. The maximum Gasteiger partial charge on any atom is 0.249 e. The third-order valence-electron chi connectivity index (χ3n) is 4.48. The lowest BCUT2D eigenvalue weighted by molar-refractivity contribution is -0.132. The minimum absolute atomic E-state index is 0.0473. The molecule has 0 aliphatic heterocycles. The highest BCUT2D eigenvalue weighted by atomic mass is 79.9. The van der Waals surface area contributed by atoms with Gasteiger partial charge in [0.1, 0.15) is 11.0 Å². The Balaban J connectivity index is 2.13. The Hall–Kier alpha value is -1.51. The number of benzene rings is 1. The highest BCUT2D eigenvalue weighted by molar-refractivity contribution is 9.10. The van der Waals surface area contributed by atoms with Gasteiger partial charge >= 0.3 is 0 Å². The molecule has 1 aromatic carbocycles. The molecule has 9 heteroatoms. The Kier molecular flexibility index (Phi) is 7.97. The molecule has 2 atom stereocenters. The van der Waals surface area contributed by atoms with E-state index in [-0.39, 0.29) is 23.6 Å². The highest BCUT2D eigenvalue weighted by Crippen LogP contribution is 2.28. The fourth-order valence-corrected chi connectivity index (χ4v) is 3.40. The molecule has 2 rings (SSSR count). The molecule has 2 N–H and O–H groups in total. The summed E-state index contributed by atoms with van der Waals surface area (Å²) < 4.78 is 0.973. The Morgan fingerprint density at radius 2 is 1.89 bits per heavy atom. The number of hydrogen-bond donors (Lipinski definition) is 2. The molecule has 152 valence electrons. The van der Waals surface area contributed by atoms with Crippen LogP contribution in [0.2, 0.25) is 0 Å². The maximum absolute atomic E-state index is 12.8. The van der Waals surface area contributed by atoms with Crippen LogP contribution in [0.5, 0.6) is 0 Å². The van der Waals surface area contributed by atoms with Gasteiger partial charge < -0.3 is 5.32 Å². The van der Waals surface area contributed by atoms with E-state index >= 15 is 0 Å². The van der Waals surface area contributed by atoms with Gasteiger partial charge in [-0.1, -0.05) is 59.7 Å². The number of aromatic nitrogens is 2. The second-order valence-electron chi connectivity index (χ2n) is 7.26. The molecule has 0 aliphatic carbocycles. The van der Waals surface area contributed by atoms with Crippen molar-refractivity contribution in [3.63, 3.8) is 0 Å². The smallest absolute Gasteiger partial charge is 0.249 e. The SMILES string of the molecule is CCC(C)C(NC(=O)C(C)(C)CCl)C(=O)Nc1nnc(-c2ccc(Br)cc2)s1. The van der Waals surface area contributed by atoms with Crippen molar-refractivity contribution in [1.29, 1.82) is 0 Å². The molecule has 1 heterocycles. The molecule has 0 saturated heterocycles. The first-order valence-corrected chi connectivity index (χ1v) is 11.1. The summed E-state index contributed by atoms with van der Waals surface area (Å²) in [4.78, 5) is 25.3. The first kappa shape index (κ1) is 22.8. The van der Waals surface area contributed by atoms with Gasteiger partial charge in [0.25, 0.3) is 0 Å². The van der Waals surface area contributed by atoms with Crippen molar-refractivity contribution in [2.24, 2.45) is 11.3 Å². The van der Waals surface area contributed by atoms with Gasteiger partial charge in [0, 0.05) is 15.9 Å². The second kappa shape index (κ2) is 9.80. The fourth-order valence-electron chi connectivity index (χ4n) is 2.27. The van der Waals surface area contributed by atoms with Crippen LogP contribution >= 0.6 is 38.9 Å². The number of anilines is 1. The summed E-state index contributed by atoms with van der Waals surface area (Å²) in [6, 6.07) is 7.00. The van der Waals surface area contributed by atoms with Crippen LogP contribution in [0.15, 0.2) is 28.7 Å². The van der Waals surface area contributed by atoms with Crippen LogP contribution in [0.3, 0.4) is 0 Å². The summed E-state index contributed by atoms with van der Waals surface area (Å²) in [6.07, 6.45) is 0.736. The minimum Gasteiger partial charge on any atom is -0.344 e. The molecule has 2 amide bonds. The molecule has 0 spiro atoms. The number of amides is 2. The zero-order chi connectivity index (χ0) is 20.9. The van der Waals surface area contributed by atoms with E-state index in [0.717, 1.165) is 16.5 Å². The molecular formula is C19H24BrClN4O2S. The van der Waals surface area contributed by atoms with E-state index in [2.05, 4.69) is 36.8 Å². The van der Waals surface area contributed by atoms with Gasteiger partial charge in [-0.05, 0) is 31.9 Å². The van der Waals surface area contributed by atoms with Gasteiger partial charge in [0.05, 0.1) is 5.41 Å². The van der Waals surface area contributed by atoms with Gasteiger partial charge in [-0.2, -0.15) is 0 Å². The Morgan fingerprint density at radius 3 is 2.46 bits per heavy atom.